The second-order valence-corrected chi connectivity index (χ2v) is 18.6. The molecule has 1 saturated carbocycles. The number of rotatable bonds is 13. The van der Waals surface area contributed by atoms with Crippen LogP contribution in [-0.4, -0.2) is 80.3 Å². The van der Waals surface area contributed by atoms with Gasteiger partial charge in [-0.15, -0.1) is 26.3 Å². The molecule has 7 rings (SSSR count). The summed E-state index contributed by atoms with van der Waals surface area (Å²) in [6.45, 7) is 16.4. The van der Waals surface area contributed by atoms with Crippen molar-refractivity contribution in [1.82, 2.24) is 10.1 Å². The molecule has 3 aliphatic rings. The summed E-state index contributed by atoms with van der Waals surface area (Å²) in [6.07, 6.45) is -5.87. The minimum absolute atomic E-state index is 0.0381. The highest BCUT2D eigenvalue weighted by Crippen LogP contribution is 2.58. The van der Waals surface area contributed by atoms with E-state index in [0.717, 1.165) is 6.07 Å². The summed E-state index contributed by atoms with van der Waals surface area (Å²) in [7, 11) is 0. The molecule has 0 radical (unpaired) electrons. The number of carbonyl (C=O) groups excluding carboxylic acids is 4. The van der Waals surface area contributed by atoms with Gasteiger partial charge in [0.05, 0.1) is 11.6 Å². The number of hydrogen-bond donors (Lipinski definition) is 2. The van der Waals surface area contributed by atoms with Crippen LogP contribution >= 0.6 is 0 Å². The number of amides is 2. The fraction of sp³-hybridized carbons (Fsp3) is 0.380. The molecule has 15 nitrogen and oxygen atoms in total. The monoisotopic (exact) mass is 943 g/mol. The first kappa shape index (κ1) is 49.0. The number of Topliss-reactive ketones (excluding diaryl/α,β-unsaturated/α-hetero) is 2. The number of hydrogen-bond acceptors (Lipinski definition) is 14. The Labute approximate surface area is 390 Å². The third kappa shape index (κ3) is 9.73. The van der Waals surface area contributed by atoms with Gasteiger partial charge in [0, 0.05) is 36.2 Å². The lowest BCUT2D eigenvalue weighted by molar-refractivity contribution is -0.275. The number of nitrogens with zero attached hydrogens (tertiary/aromatic N) is 3. The van der Waals surface area contributed by atoms with Gasteiger partial charge in [-0.05, 0) is 76.6 Å². The zero-order valence-corrected chi connectivity index (χ0v) is 38.3. The molecule has 1 heterocycles. The molecular weight excluding hydrogens is 892 g/mol. The number of aromatic nitrogens is 1. The van der Waals surface area contributed by atoms with Gasteiger partial charge in [-0.2, -0.15) is 4.90 Å². The van der Waals surface area contributed by atoms with Crippen molar-refractivity contribution in [3.63, 3.8) is 0 Å². The zero-order chi connectivity index (χ0) is 49.5. The first-order chi connectivity index (χ1) is 32.0. The fourth-order valence-electron chi connectivity index (χ4n) is 8.86. The molecular formula is C50H52F3N3O12. The van der Waals surface area contributed by atoms with Crippen molar-refractivity contribution >= 4 is 35.2 Å². The Morgan fingerprint density at radius 1 is 0.853 bits per heavy atom. The molecule has 360 valence electrons. The molecule has 2 N–H and O–H groups in total. The molecule has 18 heteroatoms. The number of ether oxygens (including phenoxy) is 5. The summed E-state index contributed by atoms with van der Waals surface area (Å²) in [5.41, 5.74) is -6.80. The van der Waals surface area contributed by atoms with Crippen LogP contribution in [0.25, 0.3) is 5.76 Å². The lowest BCUT2D eigenvalue weighted by atomic mass is 9.57. The number of benzene rings is 3. The molecule has 1 fully saturated rings. The van der Waals surface area contributed by atoms with Gasteiger partial charge < -0.3 is 38.4 Å². The maximum Gasteiger partial charge on any atom is 0.573 e. The highest BCUT2D eigenvalue weighted by molar-refractivity contribution is 6.26. The number of ketones is 2. The average Bonchev–Trinajstić information content (AvgIpc) is 3.67. The van der Waals surface area contributed by atoms with E-state index in [1.807, 2.05) is 0 Å². The maximum atomic E-state index is 15.4. The third-order valence-corrected chi connectivity index (χ3v) is 11.4. The van der Waals surface area contributed by atoms with E-state index in [0.29, 0.717) is 16.0 Å². The highest BCUT2D eigenvalue weighted by Gasteiger charge is 2.66. The molecule has 0 saturated heterocycles. The molecule has 0 spiro atoms. The first-order valence-electron chi connectivity index (χ1n) is 21.7. The second kappa shape index (κ2) is 18.6. The molecule has 3 aliphatic carbocycles. The van der Waals surface area contributed by atoms with E-state index < -0.39 is 105 Å². The molecule has 0 bridgehead atoms. The first-order valence-corrected chi connectivity index (χ1v) is 21.7. The molecule has 2 amide bonds. The summed E-state index contributed by atoms with van der Waals surface area (Å²) in [5, 5.41) is 29.6. The van der Waals surface area contributed by atoms with Crippen LogP contribution < -0.4 is 19.1 Å². The second-order valence-electron chi connectivity index (χ2n) is 18.6. The molecule has 0 unspecified atom stereocenters. The van der Waals surface area contributed by atoms with Crippen LogP contribution in [0.3, 0.4) is 0 Å². The van der Waals surface area contributed by atoms with Gasteiger partial charge in [-0.3, -0.25) is 14.5 Å². The summed E-state index contributed by atoms with van der Waals surface area (Å²) >= 11 is 0. The molecule has 0 aliphatic heterocycles. The minimum Gasteiger partial charge on any atom is -0.507 e. The van der Waals surface area contributed by atoms with Crippen molar-refractivity contribution in [1.29, 1.82) is 0 Å². The lowest BCUT2D eigenvalue weighted by Gasteiger charge is -2.50. The summed E-state index contributed by atoms with van der Waals surface area (Å²) in [6, 6.07) is 17.0. The van der Waals surface area contributed by atoms with Crippen molar-refractivity contribution < 1.29 is 70.8 Å². The Balaban J connectivity index is 1.47. The van der Waals surface area contributed by atoms with Gasteiger partial charge in [0.15, 0.2) is 17.1 Å². The van der Waals surface area contributed by atoms with Crippen molar-refractivity contribution in [2.24, 2.45) is 11.8 Å². The Bertz CT molecular complexity index is 2610. The molecule has 68 heavy (non-hydrogen) atoms. The lowest BCUT2D eigenvalue weighted by Crippen LogP contribution is -2.63. The van der Waals surface area contributed by atoms with Crippen LogP contribution in [0.4, 0.5) is 28.4 Å². The predicted octanol–water partition coefficient (Wildman–Crippen LogP) is 9.78. The zero-order valence-electron chi connectivity index (χ0n) is 38.3. The smallest absolute Gasteiger partial charge is 0.507 e. The standard InChI is InChI=1S/C50H52F3N3O12/c1-9-21-55(22-10-2)38-32-24-30-23-31-34(65-50(51,52)53)25-33(56(45(60)66-47(3,4)5)46(61)67-48(6,7)8)40(63-26-28-17-13-11-14-18-28)36(31)39(57)35(30)42(58)49(32,62)43(59)37-41(38)68-54-44(37)64-27-29-19-15-12-16-20-29/h9-20,25,30,32,38,57,62H,1-2,21-24,26-27H2,3-8H3/t30-,32-,38-,49-/m0/s1. The van der Waals surface area contributed by atoms with Crippen LogP contribution in [0.2, 0.25) is 0 Å². The van der Waals surface area contributed by atoms with E-state index in [-0.39, 0.29) is 55.5 Å². The van der Waals surface area contributed by atoms with Crippen molar-refractivity contribution in [2.45, 2.75) is 96.8 Å². The number of anilines is 1. The number of carbonyl (C=O) groups is 4. The molecule has 1 aromatic heterocycles. The summed E-state index contributed by atoms with van der Waals surface area (Å²) in [5.74, 6) is -7.86. The largest absolute Gasteiger partial charge is 0.573 e. The van der Waals surface area contributed by atoms with Gasteiger partial charge in [-0.25, -0.2) is 9.59 Å². The Morgan fingerprint density at radius 2 is 1.40 bits per heavy atom. The Morgan fingerprint density at radius 3 is 1.91 bits per heavy atom. The normalized spacial score (nSPS) is 20.1. The van der Waals surface area contributed by atoms with Crippen LogP contribution in [-0.2, 0) is 33.9 Å². The van der Waals surface area contributed by atoms with Gasteiger partial charge in [0.2, 0.25) is 11.6 Å². The van der Waals surface area contributed by atoms with E-state index in [2.05, 4.69) is 23.1 Å². The van der Waals surface area contributed by atoms with Crippen LogP contribution in [0.5, 0.6) is 17.4 Å². The van der Waals surface area contributed by atoms with E-state index in [1.165, 1.54) is 41.5 Å². The van der Waals surface area contributed by atoms with Crippen molar-refractivity contribution in [2.75, 3.05) is 18.0 Å². The number of imide groups is 1. The Hall–Kier alpha value is -6.92. The van der Waals surface area contributed by atoms with Gasteiger partial charge in [0.1, 0.15) is 47.2 Å². The van der Waals surface area contributed by atoms with Gasteiger partial charge in [-0.1, -0.05) is 72.8 Å². The number of halogens is 3. The van der Waals surface area contributed by atoms with Crippen molar-refractivity contribution in [3.8, 4) is 17.4 Å². The number of aliphatic hydroxyl groups excluding tert-OH is 1. The number of aliphatic hydroxyl groups is 2. The van der Waals surface area contributed by atoms with Gasteiger partial charge in [0.25, 0.3) is 5.88 Å². The van der Waals surface area contributed by atoms with Crippen LogP contribution in [0.1, 0.15) is 92.4 Å². The van der Waals surface area contributed by atoms with Crippen LogP contribution in [0, 0.1) is 11.8 Å². The Kier molecular flexibility index (Phi) is 13.4. The predicted molar refractivity (Wildman–Crippen MR) is 240 cm³/mol. The quantitative estimate of drug-likeness (QED) is 0.0952. The van der Waals surface area contributed by atoms with E-state index in [9.17, 15) is 37.8 Å². The van der Waals surface area contributed by atoms with Crippen molar-refractivity contribution in [3.05, 3.63) is 131 Å². The van der Waals surface area contributed by atoms with E-state index in [4.69, 9.17) is 23.5 Å². The molecule has 4 aromatic rings. The summed E-state index contributed by atoms with van der Waals surface area (Å²) < 4.78 is 77.6. The van der Waals surface area contributed by atoms with Gasteiger partial charge >= 0.3 is 18.5 Å². The summed E-state index contributed by atoms with van der Waals surface area (Å²) in [4.78, 5) is 60.6. The molecule has 4 atom stereocenters. The SMILES string of the molecule is C=CCN(CC=C)[C@@H]1c2onc(OCc3ccccc3)c2C(=O)[C@@]2(O)C(=O)C3=C(O)c4c(c(OC(F)(F)F)cc(N(C(=O)OC(C)(C)C)C(=O)OC(C)(C)C)c4OCc4ccccc4)C[C@H]3C[C@@H]12. The maximum absolute atomic E-state index is 15.4. The number of fused-ring (bicyclic) bond motifs is 4. The minimum atomic E-state index is -5.39. The fourth-order valence-corrected chi connectivity index (χ4v) is 8.86. The van der Waals surface area contributed by atoms with Crippen LogP contribution in [0.15, 0.2) is 102 Å². The topological polar surface area (TPSA) is 187 Å². The highest BCUT2D eigenvalue weighted by atomic mass is 19.4. The average molecular weight is 944 g/mol. The number of alkyl halides is 3. The third-order valence-electron chi connectivity index (χ3n) is 11.4. The van der Waals surface area contributed by atoms with E-state index in [1.54, 1.807) is 77.7 Å². The van der Waals surface area contributed by atoms with E-state index >= 15 is 4.79 Å². The molecule has 3 aromatic carbocycles.